The number of hydrogen-bond donors (Lipinski definition) is 0. The first kappa shape index (κ1) is 12.7. The van der Waals surface area contributed by atoms with Crippen LogP contribution >= 0.6 is 0 Å². The van der Waals surface area contributed by atoms with E-state index in [0.29, 0.717) is 20.7 Å². The highest BCUT2D eigenvalue weighted by Crippen LogP contribution is 2.44. The lowest BCUT2D eigenvalue weighted by atomic mass is 9.99. The predicted molar refractivity (Wildman–Crippen MR) is 87.9 cm³/mol. The number of nitrogens with zero attached hydrogens (tertiary/aromatic N) is 2. The highest BCUT2D eigenvalue weighted by atomic mass is 32.2. The van der Waals surface area contributed by atoms with Gasteiger partial charge in [0.1, 0.15) is 0 Å². The average Bonchev–Trinajstić information content (AvgIpc) is 2.59. The van der Waals surface area contributed by atoms with Crippen LogP contribution in [0.25, 0.3) is 32.8 Å². The standard InChI is InChI=1S/C18H10N2O2S/c21-23(22)15-4-2-1-3-14(15)18-17-13(6-8-20-18)12-5-7-19-10-11(12)9-16(17)23/h1-10H. The van der Waals surface area contributed by atoms with Gasteiger partial charge in [-0.2, -0.15) is 0 Å². The van der Waals surface area contributed by atoms with Crippen molar-refractivity contribution in [3.8, 4) is 11.3 Å². The Morgan fingerprint density at radius 1 is 0.870 bits per heavy atom. The monoisotopic (exact) mass is 318 g/mol. The van der Waals surface area contributed by atoms with E-state index in [2.05, 4.69) is 9.97 Å². The van der Waals surface area contributed by atoms with Crippen molar-refractivity contribution in [3.63, 3.8) is 0 Å². The Morgan fingerprint density at radius 2 is 1.70 bits per heavy atom. The fourth-order valence-corrected chi connectivity index (χ4v) is 5.05. The molecule has 0 fully saturated rings. The van der Waals surface area contributed by atoms with Crippen LogP contribution in [0.1, 0.15) is 0 Å². The number of pyridine rings is 2. The van der Waals surface area contributed by atoms with E-state index in [4.69, 9.17) is 0 Å². The molecule has 0 unspecified atom stereocenters. The van der Waals surface area contributed by atoms with Crippen molar-refractivity contribution in [1.82, 2.24) is 9.97 Å². The lowest BCUT2D eigenvalue weighted by Gasteiger charge is -2.20. The van der Waals surface area contributed by atoms with Crippen molar-refractivity contribution in [2.45, 2.75) is 9.79 Å². The molecule has 0 spiro atoms. The van der Waals surface area contributed by atoms with Gasteiger partial charge in [-0.3, -0.25) is 9.97 Å². The number of rotatable bonds is 0. The van der Waals surface area contributed by atoms with E-state index in [0.717, 1.165) is 21.9 Å². The predicted octanol–water partition coefficient (Wildman–Crippen LogP) is 3.60. The number of aromatic nitrogens is 2. The minimum absolute atomic E-state index is 0.315. The Hall–Kier alpha value is -2.79. The Labute approximate surface area is 132 Å². The molecule has 4 aromatic rings. The summed E-state index contributed by atoms with van der Waals surface area (Å²) in [6.07, 6.45) is 5.15. The van der Waals surface area contributed by atoms with Gasteiger partial charge in [0.2, 0.25) is 9.84 Å². The molecule has 1 aliphatic heterocycles. The maximum absolute atomic E-state index is 13.1. The molecule has 23 heavy (non-hydrogen) atoms. The highest BCUT2D eigenvalue weighted by Gasteiger charge is 2.31. The lowest BCUT2D eigenvalue weighted by Crippen LogP contribution is -2.10. The van der Waals surface area contributed by atoms with E-state index < -0.39 is 9.84 Å². The molecule has 2 aromatic heterocycles. The van der Waals surface area contributed by atoms with Gasteiger partial charge in [0, 0.05) is 34.9 Å². The maximum atomic E-state index is 13.1. The second kappa shape index (κ2) is 4.14. The largest absolute Gasteiger partial charge is 0.264 e. The third-order valence-electron chi connectivity index (χ3n) is 4.35. The van der Waals surface area contributed by atoms with Crippen molar-refractivity contribution in [3.05, 3.63) is 61.1 Å². The molecule has 0 atom stereocenters. The van der Waals surface area contributed by atoms with Gasteiger partial charge in [0.05, 0.1) is 15.5 Å². The van der Waals surface area contributed by atoms with Gasteiger partial charge in [-0.05, 0) is 35.0 Å². The van der Waals surface area contributed by atoms with Crippen LogP contribution in [0.4, 0.5) is 0 Å². The fraction of sp³-hybridized carbons (Fsp3) is 0. The first-order valence-corrected chi connectivity index (χ1v) is 8.66. The molecule has 0 N–H and O–H groups in total. The minimum Gasteiger partial charge on any atom is -0.264 e. The lowest BCUT2D eigenvalue weighted by molar-refractivity contribution is 0.596. The Kier molecular flexibility index (Phi) is 2.29. The summed E-state index contributed by atoms with van der Waals surface area (Å²) in [5.41, 5.74) is 1.39. The number of benzene rings is 2. The van der Waals surface area contributed by atoms with Gasteiger partial charge in [-0.1, -0.05) is 18.2 Å². The van der Waals surface area contributed by atoms with Crippen LogP contribution in [0, 0.1) is 0 Å². The van der Waals surface area contributed by atoms with E-state index >= 15 is 0 Å². The van der Waals surface area contributed by atoms with Crippen molar-refractivity contribution in [2.75, 3.05) is 0 Å². The van der Waals surface area contributed by atoms with Crippen LogP contribution in [0.2, 0.25) is 0 Å². The number of fused-ring (bicyclic) bond motifs is 4. The SMILES string of the molecule is O=S1(=O)c2ccccc2-c2nccc3c2c1cc1cnccc13. The summed E-state index contributed by atoms with van der Waals surface area (Å²) < 4.78 is 26.2. The van der Waals surface area contributed by atoms with Crippen LogP contribution in [0.3, 0.4) is 0 Å². The Morgan fingerprint density at radius 3 is 2.61 bits per heavy atom. The third-order valence-corrected chi connectivity index (χ3v) is 6.18. The van der Waals surface area contributed by atoms with Crippen LogP contribution < -0.4 is 0 Å². The topological polar surface area (TPSA) is 59.9 Å². The van der Waals surface area contributed by atoms with Crippen molar-refractivity contribution in [2.24, 2.45) is 0 Å². The molecule has 0 bridgehead atoms. The van der Waals surface area contributed by atoms with Crippen LogP contribution in [-0.2, 0) is 9.84 Å². The molecule has 2 aromatic carbocycles. The molecule has 0 amide bonds. The maximum Gasteiger partial charge on any atom is 0.207 e. The second-order valence-electron chi connectivity index (χ2n) is 5.55. The normalized spacial score (nSPS) is 14.8. The minimum atomic E-state index is -3.57. The van der Waals surface area contributed by atoms with Gasteiger partial charge >= 0.3 is 0 Å². The second-order valence-corrected chi connectivity index (χ2v) is 7.44. The van der Waals surface area contributed by atoms with Gasteiger partial charge in [0.25, 0.3) is 0 Å². The summed E-state index contributed by atoms with van der Waals surface area (Å²) in [5, 5.41) is 3.39. The zero-order chi connectivity index (χ0) is 15.6. The summed E-state index contributed by atoms with van der Waals surface area (Å²) in [5.74, 6) is 0. The smallest absolute Gasteiger partial charge is 0.207 e. The van der Waals surface area contributed by atoms with Gasteiger partial charge in [0.15, 0.2) is 0 Å². The van der Waals surface area contributed by atoms with Gasteiger partial charge in [-0.15, -0.1) is 0 Å². The van der Waals surface area contributed by atoms with E-state index in [1.54, 1.807) is 36.8 Å². The third kappa shape index (κ3) is 1.52. The van der Waals surface area contributed by atoms with E-state index in [1.165, 1.54) is 0 Å². The molecule has 1 aliphatic rings. The van der Waals surface area contributed by atoms with Crippen LogP contribution in [0.5, 0.6) is 0 Å². The molecule has 110 valence electrons. The molecule has 0 saturated carbocycles. The molecule has 4 nitrogen and oxygen atoms in total. The van der Waals surface area contributed by atoms with Crippen LogP contribution in [0.15, 0.2) is 70.8 Å². The quantitative estimate of drug-likeness (QED) is 0.409. The molecule has 0 saturated heterocycles. The van der Waals surface area contributed by atoms with Crippen molar-refractivity contribution >= 4 is 31.4 Å². The first-order valence-electron chi connectivity index (χ1n) is 7.18. The molecule has 5 rings (SSSR count). The molecule has 0 aliphatic carbocycles. The van der Waals surface area contributed by atoms with Gasteiger partial charge in [-0.25, -0.2) is 8.42 Å². The number of hydrogen-bond acceptors (Lipinski definition) is 4. The Bertz CT molecular complexity index is 1230. The van der Waals surface area contributed by atoms with E-state index in [-0.39, 0.29) is 0 Å². The number of sulfone groups is 1. The van der Waals surface area contributed by atoms with Crippen LogP contribution in [-0.4, -0.2) is 18.4 Å². The fourth-order valence-electron chi connectivity index (χ4n) is 3.35. The molecule has 0 radical (unpaired) electrons. The first-order chi connectivity index (χ1) is 11.2. The zero-order valence-corrected chi connectivity index (χ0v) is 12.7. The Balaban J connectivity index is 2.15. The van der Waals surface area contributed by atoms with Gasteiger partial charge < -0.3 is 0 Å². The summed E-state index contributed by atoms with van der Waals surface area (Å²) in [6, 6.07) is 12.5. The molecule has 5 heteroatoms. The summed E-state index contributed by atoms with van der Waals surface area (Å²) in [4.78, 5) is 9.22. The molecule has 3 heterocycles. The van der Waals surface area contributed by atoms with Crippen molar-refractivity contribution < 1.29 is 8.42 Å². The van der Waals surface area contributed by atoms with E-state index in [9.17, 15) is 8.42 Å². The zero-order valence-electron chi connectivity index (χ0n) is 11.9. The summed E-state index contributed by atoms with van der Waals surface area (Å²) >= 11 is 0. The van der Waals surface area contributed by atoms with Crippen molar-refractivity contribution in [1.29, 1.82) is 0 Å². The van der Waals surface area contributed by atoms with E-state index in [1.807, 2.05) is 24.3 Å². The molecular formula is C18H10N2O2S. The summed E-state index contributed by atoms with van der Waals surface area (Å²) in [6.45, 7) is 0. The highest BCUT2D eigenvalue weighted by molar-refractivity contribution is 7.92. The molecular weight excluding hydrogens is 308 g/mol. The average molecular weight is 318 g/mol. The summed E-state index contributed by atoms with van der Waals surface area (Å²) in [7, 11) is -3.57.